The highest BCUT2D eigenvalue weighted by Crippen LogP contribution is 2.35. The molecule has 1 aliphatic carbocycles. The van der Waals surface area contributed by atoms with E-state index in [-0.39, 0.29) is 18.0 Å². The molecule has 2 saturated heterocycles. The summed E-state index contributed by atoms with van der Waals surface area (Å²) in [4.78, 5) is 29.4. The lowest BCUT2D eigenvalue weighted by Gasteiger charge is -2.37. The lowest BCUT2D eigenvalue weighted by Crippen LogP contribution is -2.46. The van der Waals surface area contributed by atoms with E-state index in [2.05, 4.69) is 10.2 Å². The van der Waals surface area contributed by atoms with Gasteiger partial charge < -0.3 is 10.1 Å². The predicted octanol–water partition coefficient (Wildman–Crippen LogP) is 6.54. The molecule has 0 atom stereocenters. The third-order valence-electron chi connectivity index (χ3n) is 8.53. The highest BCUT2D eigenvalue weighted by atomic mass is 19.4. The van der Waals surface area contributed by atoms with Crippen LogP contribution in [0.2, 0.25) is 0 Å². The lowest BCUT2D eigenvalue weighted by atomic mass is 9.91. The summed E-state index contributed by atoms with van der Waals surface area (Å²) in [5, 5.41) is 3.20. The summed E-state index contributed by atoms with van der Waals surface area (Å²) >= 11 is 0. The average Bonchev–Trinajstić information content (AvgIpc) is 3.21. The van der Waals surface area contributed by atoms with Gasteiger partial charge in [0.1, 0.15) is 5.60 Å². The Labute approximate surface area is 233 Å². The number of likely N-dealkylation sites (tertiary alicyclic amines) is 1. The molecular weight excluding hydrogens is 519 g/mol. The van der Waals surface area contributed by atoms with Crippen LogP contribution in [-0.2, 0) is 24.0 Å². The summed E-state index contributed by atoms with van der Waals surface area (Å²) in [7, 11) is 0. The fourth-order valence-corrected chi connectivity index (χ4v) is 6.10. The van der Waals surface area contributed by atoms with Crippen LogP contribution in [0.3, 0.4) is 0 Å². The Kier molecular flexibility index (Phi) is 8.68. The van der Waals surface area contributed by atoms with E-state index in [1.807, 2.05) is 24.3 Å². The monoisotopic (exact) mass is 557 g/mol. The minimum atomic E-state index is -4.33. The largest absolute Gasteiger partial charge is 0.441 e. The number of nitrogens with one attached hydrogen (secondary N) is 1. The number of hydrogen-bond donors (Lipinski definition) is 1. The summed E-state index contributed by atoms with van der Waals surface area (Å²) in [6, 6.07) is 13.0. The maximum atomic E-state index is 12.8. The quantitative estimate of drug-likeness (QED) is 0.439. The van der Waals surface area contributed by atoms with Crippen molar-refractivity contribution in [1.29, 1.82) is 0 Å². The van der Waals surface area contributed by atoms with Crippen LogP contribution in [0.25, 0.3) is 0 Å². The summed E-state index contributed by atoms with van der Waals surface area (Å²) in [5.41, 5.74) is 1.22. The molecule has 2 aliphatic heterocycles. The van der Waals surface area contributed by atoms with Crippen molar-refractivity contribution in [3.8, 4) is 0 Å². The van der Waals surface area contributed by atoms with Crippen molar-refractivity contribution in [2.45, 2.75) is 88.7 Å². The van der Waals surface area contributed by atoms with Crippen LogP contribution in [0.4, 0.5) is 18.0 Å². The molecule has 1 N–H and O–H groups in total. The van der Waals surface area contributed by atoms with E-state index in [1.54, 1.807) is 4.90 Å². The van der Waals surface area contributed by atoms with Gasteiger partial charge in [-0.1, -0.05) is 56.4 Å². The molecule has 6 nitrogen and oxygen atoms in total. The molecule has 0 bridgehead atoms. The summed E-state index contributed by atoms with van der Waals surface area (Å²) in [6.07, 6.45) is 4.85. The molecule has 216 valence electrons. The maximum Gasteiger partial charge on any atom is 0.416 e. The third-order valence-corrected chi connectivity index (χ3v) is 8.53. The van der Waals surface area contributed by atoms with Crippen LogP contribution in [0, 0.1) is 0 Å². The smallest absolute Gasteiger partial charge is 0.416 e. The van der Waals surface area contributed by atoms with Gasteiger partial charge in [-0.05, 0) is 48.2 Å². The highest BCUT2D eigenvalue weighted by molar-refractivity contribution is 5.94. The van der Waals surface area contributed by atoms with Gasteiger partial charge in [-0.3, -0.25) is 14.6 Å². The van der Waals surface area contributed by atoms with E-state index in [4.69, 9.17) is 4.74 Å². The van der Waals surface area contributed by atoms with Gasteiger partial charge in [-0.2, -0.15) is 13.2 Å². The second-order valence-corrected chi connectivity index (χ2v) is 11.6. The number of nitrogens with zero attached hydrogens (tertiary/aromatic N) is 2. The van der Waals surface area contributed by atoms with Crippen molar-refractivity contribution < 1.29 is 27.5 Å². The number of rotatable bonds is 6. The zero-order valence-corrected chi connectivity index (χ0v) is 22.8. The van der Waals surface area contributed by atoms with Gasteiger partial charge in [-0.15, -0.1) is 0 Å². The van der Waals surface area contributed by atoms with Crippen LogP contribution in [0.15, 0.2) is 48.5 Å². The number of carbonyl (C=O) groups excluding carboxylic acids is 2. The van der Waals surface area contributed by atoms with Crippen molar-refractivity contribution in [2.75, 3.05) is 19.6 Å². The summed E-state index contributed by atoms with van der Waals surface area (Å²) in [6.45, 7) is 2.89. The second-order valence-electron chi connectivity index (χ2n) is 11.6. The fraction of sp³-hybridized carbons (Fsp3) is 0.548. The molecule has 40 heavy (non-hydrogen) atoms. The Morgan fingerprint density at radius 1 is 0.875 bits per heavy atom. The summed E-state index contributed by atoms with van der Waals surface area (Å²) in [5.74, 6) is -0.0419. The van der Waals surface area contributed by atoms with Crippen LogP contribution in [0.5, 0.6) is 0 Å². The molecule has 2 amide bonds. The van der Waals surface area contributed by atoms with Gasteiger partial charge in [0.2, 0.25) is 0 Å². The first-order valence-electron chi connectivity index (χ1n) is 14.5. The Balaban J connectivity index is 1.10. The molecule has 2 aromatic carbocycles. The van der Waals surface area contributed by atoms with Gasteiger partial charge in [0.25, 0.3) is 5.91 Å². The van der Waals surface area contributed by atoms with Crippen LogP contribution in [-0.4, -0.2) is 53.1 Å². The van der Waals surface area contributed by atoms with E-state index in [1.165, 1.54) is 31.4 Å². The number of hydrogen-bond acceptors (Lipinski definition) is 4. The number of alkyl halides is 3. The first-order valence-corrected chi connectivity index (χ1v) is 14.5. The molecule has 1 saturated carbocycles. The SMILES string of the molecule is O=C(NC1CCCCCCC1)c1ccc(CN2CC3(CCN(Cc4ccc(C(F)(F)F)cc4)CC3)OC2=O)cc1. The Bertz CT molecular complexity index is 1150. The lowest BCUT2D eigenvalue weighted by molar-refractivity contribution is -0.137. The zero-order valence-electron chi connectivity index (χ0n) is 22.8. The number of ether oxygens (including phenoxy) is 1. The van der Waals surface area contributed by atoms with Gasteiger partial charge in [0.05, 0.1) is 12.1 Å². The van der Waals surface area contributed by atoms with E-state index >= 15 is 0 Å². The van der Waals surface area contributed by atoms with Gasteiger partial charge in [0, 0.05) is 50.6 Å². The minimum absolute atomic E-state index is 0.0419. The molecule has 0 aromatic heterocycles. The molecule has 3 fully saturated rings. The van der Waals surface area contributed by atoms with Crippen molar-refractivity contribution in [3.05, 3.63) is 70.8 Å². The van der Waals surface area contributed by atoms with Crippen molar-refractivity contribution in [1.82, 2.24) is 15.1 Å². The third kappa shape index (κ3) is 7.16. The molecule has 0 unspecified atom stereocenters. The van der Waals surface area contributed by atoms with E-state index < -0.39 is 17.3 Å². The van der Waals surface area contributed by atoms with Crippen LogP contribution >= 0.6 is 0 Å². The number of carbonyl (C=O) groups is 2. The Morgan fingerprint density at radius 3 is 2.08 bits per heavy atom. The minimum Gasteiger partial charge on any atom is -0.441 e. The predicted molar refractivity (Wildman–Crippen MR) is 146 cm³/mol. The van der Waals surface area contributed by atoms with Crippen molar-refractivity contribution in [3.63, 3.8) is 0 Å². The van der Waals surface area contributed by atoms with E-state index in [0.29, 0.717) is 51.1 Å². The van der Waals surface area contributed by atoms with Crippen LogP contribution in [0.1, 0.15) is 84.8 Å². The molecule has 3 aliphatic rings. The molecule has 2 aromatic rings. The first-order chi connectivity index (χ1) is 19.2. The number of piperidine rings is 1. The molecule has 2 heterocycles. The normalized spacial score (nSPS) is 20.7. The zero-order chi connectivity index (χ0) is 28.2. The van der Waals surface area contributed by atoms with Crippen molar-refractivity contribution in [2.24, 2.45) is 0 Å². The number of amides is 2. The highest BCUT2D eigenvalue weighted by Gasteiger charge is 2.46. The Hall–Kier alpha value is -3.07. The van der Waals surface area contributed by atoms with Crippen molar-refractivity contribution >= 4 is 12.0 Å². The maximum absolute atomic E-state index is 12.8. The molecule has 0 radical (unpaired) electrons. The number of benzene rings is 2. The Morgan fingerprint density at radius 2 is 1.45 bits per heavy atom. The summed E-state index contributed by atoms with van der Waals surface area (Å²) < 4.78 is 44.3. The molecular formula is C31H38F3N3O3. The van der Waals surface area contributed by atoms with E-state index in [9.17, 15) is 22.8 Å². The average molecular weight is 558 g/mol. The van der Waals surface area contributed by atoms with Crippen LogP contribution < -0.4 is 5.32 Å². The number of halogens is 3. The van der Waals surface area contributed by atoms with Gasteiger partial charge in [0.15, 0.2) is 0 Å². The fourth-order valence-electron chi connectivity index (χ4n) is 6.10. The first kappa shape index (κ1) is 28.5. The molecule has 1 spiro atoms. The molecule has 5 rings (SSSR count). The second kappa shape index (κ2) is 12.2. The topological polar surface area (TPSA) is 61.9 Å². The molecule has 9 heteroatoms. The van der Waals surface area contributed by atoms with Gasteiger partial charge >= 0.3 is 12.3 Å². The van der Waals surface area contributed by atoms with Gasteiger partial charge in [-0.25, -0.2) is 4.79 Å². The standard InChI is InChI=1S/C31H38F3N3O3/c32-31(33,34)26-14-10-23(11-15-26)20-36-18-16-30(17-19-36)22-37(29(39)40-30)21-24-8-12-25(13-9-24)28(38)35-27-6-4-2-1-3-5-7-27/h8-15,27H,1-7,16-22H2,(H,35,38). The van der Waals surface area contributed by atoms with E-state index in [0.717, 1.165) is 48.9 Å².